The van der Waals surface area contributed by atoms with Crippen LogP contribution >= 0.6 is 11.6 Å². The molecule has 9 heteroatoms. The zero-order valence-electron chi connectivity index (χ0n) is 16.3. The summed E-state index contributed by atoms with van der Waals surface area (Å²) in [5.74, 6) is 0.144. The van der Waals surface area contributed by atoms with E-state index in [1.54, 1.807) is 35.2 Å². The van der Waals surface area contributed by atoms with Crippen LogP contribution in [0.4, 0.5) is 0 Å². The smallest absolute Gasteiger partial charge is 0.241 e. The number of ether oxygens (including phenoxy) is 1. The lowest BCUT2D eigenvalue weighted by molar-refractivity contribution is -0.132. The maximum Gasteiger partial charge on any atom is 0.241 e. The predicted octanol–water partition coefficient (Wildman–Crippen LogP) is 2.64. The number of nitrogens with zero attached hydrogens (tertiary/aromatic N) is 1. The normalized spacial score (nSPS) is 21.9. The summed E-state index contributed by atoms with van der Waals surface area (Å²) in [6.07, 6.45) is 0.697. The van der Waals surface area contributed by atoms with Crippen molar-refractivity contribution in [1.29, 1.82) is 0 Å². The number of likely N-dealkylation sites (tertiary alicyclic amines) is 1. The van der Waals surface area contributed by atoms with E-state index >= 15 is 0 Å². The number of halogens is 1. The Morgan fingerprint density at radius 1 is 1.23 bits per heavy atom. The van der Waals surface area contributed by atoms with Crippen molar-refractivity contribution < 1.29 is 22.7 Å². The van der Waals surface area contributed by atoms with E-state index in [0.717, 1.165) is 0 Å². The maximum atomic E-state index is 12.9. The molecule has 2 unspecified atom stereocenters. The first-order chi connectivity index (χ1) is 14.2. The number of amides is 1. The van der Waals surface area contributed by atoms with E-state index < -0.39 is 21.7 Å². The summed E-state index contributed by atoms with van der Waals surface area (Å²) in [4.78, 5) is 27.0. The van der Waals surface area contributed by atoms with Gasteiger partial charge in [0.25, 0.3) is 0 Å². The minimum atomic E-state index is -3.91. The van der Waals surface area contributed by atoms with Crippen LogP contribution in [0.15, 0.2) is 53.4 Å². The van der Waals surface area contributed by atoms with Crippen molar-refractivity contribution in [2.75, 3.05) is 13.1 Å². The van der Waals surface area contributed by atoms with Gasteiger partial charge in [0, 0.05) is 18.0 Å². The fourth-order valence-electron chi connectivity index (χ4n) is 3.96. The molecule has 2 aromatic rings. The fraction of sp³-hybridized carbons (Fsp3) is 0.333. The molecule has 0 aliphatic carbocycles. The molecule has 30 heavy (non-hydrogen) atoms. The summed E-state index contributed by atoms with van der Waals surface area (Å²) in [7, 11) is -3.91. The summed E-state index contributed by atoms with van der Waals surface area (Å²) < 4.78 is 33.7. The highest BCUT2D eigenvalue weighted by Crippen LogP contribution is 2.38. The van der Waals surface area contributed by atoms with E-state index in [9.17, 15) is 18.0 Å². The van der Waals surface area contributed by atoms with Crippen molar-refractivity contribution in [3.8, 4) is 5.75 Å². The lowest BCUT2D eigenvalue weighted by Gasteiger charge is -2.34. The number of fused-ring (bicyclic) bond motifs is 1. The average Bonchev–Trinajstić information content (AvgIpc) is 3.10. The Balaban J connectivity index is 1.46. The van der Waals surface area contributed by atoms with Crippen LogP contribution in [0.1, 0.15) is 30.1 Å². The Morgan fingerprint density at radius 3 is 2.77 bits per heavy atom. The Bertz CT molecular complexity index is 1120. The molecule has 4 rings (SSSR count). The molecule has 2 aliphatic rings. The van der Waals surface area contributed by atoms with E-state index in [1.807, 2.05) is 0 Å². The van der Waals surface area contributed by atoms with Gasteiger partial charge in [-0.2, -0.15) is 4.72 Å². The number of para-hydroxylation sites is 1. The molecule has 1 amide bonds. The van der Waals surface area contributed by atoms with Crippen molar-refractivity contribution >= 4 is 33.3 Å². The number of Topliss-reactive ketones (excluding diaryl/α,β-unsaturated/α-hetero) is 1. The third kappa shape index (κ3) is 3.95. The van der Waals surface area contributed by atoms with Crippen molar-refractivity contribution in [3.63, 3.8) is 0 Å². The number of rotatable bonds is 4. The zero-order chi connectivity index (χ0) is 21.5. The summed E-state index contributed by atoms with van der Waals surface area (Å²) in [5.41, 5.74) is -0.220. The second-order valence-electron chi connectivity index (χ2n) is 7.69. The highest BCUT2D eigenvalue weighted by Gasteiger charge is 2.47. The molecule has 1 fully saturated rings. The first-order valence-electron chi connectivity index (χ1n) is 9.57. The summed E-state index contributed by atoms with van der Waals surface area (Å²) in [6.45, 7) is 2.12. The van der Waals surface area contributed by atoms with Crippen molar-refractivity contribution in [1.82, 2.24) is 9.62 Å². The zero-order valence-corrected chi connectivity index (χ0v) is 17.9. The Kier molecular flexibility index (Phi) is 5.34. The summed E-state index contributed by atoms with van der Waals surface area (Å²) >= 11 is 5.88. The number of sulfonamides is 1. The summed E-state index contributed by atoms with van der Waals surface area (Å²) in [5, 5.41) is 0.290. The lowest BCUT2D eigenvalue weighted by Crippen LogP contribution is -2.49. The molecule has 1 spiro atoms. The Labute approximate surface area is 180 Å². The van der Waals surface area contributed by atoms with E-state index in [-0.39, 0.29) is 34.6 Å². The lowest BCUT2D eigenvalue weighted by atomic mass is 9.89. The van der Waals surface area contributed by atoms with Gasteiger partial charge >= 0.3 is 0 Å². The molecular formula is C21H21ClN2O5S. The molecule has 0 saturated carbocycles. The van der Waals surface area contributed by atoms with Gasteiger partial charge in [0.15, 0.2) is 5.78 Å². The van der Waals surface area contributed by atoms with Crippen LogP contribution in [0.3, 0.4) is 0 Å². The maximum absolute atomic E-state index is 12.9. The fourth-order valence-corrected chi connectivity index (χ4v) is 5.46. The average molecular weight is 449 g/mol. The highest BCUT2D eigenvalue weighted by molar-refractivity contribution is 7.89. The van der Waals surface area contributed by atoms with Crippen LogP contribution in [-0.4, -0.2) is 49.7 Å². The molecule has 2 aromatic carbocycles. The van der Waals surface area contributed by atoms with Crippen LogP contribution < -0.4 is 9.46 Å². The van der Waals surface area contributed by atoms with Gasteiger partial charge in [-0.3, -0.25) is 9.59 Å². The largest absolute Gasteiger partial charge is 0.484 e. The molecule has 2 atom stereocenters. The van der Waals surface area contributed by atoms with Crippen LogP contribution in [0.2, 0.25) is 5.02 Å². The second-order valence-corrected chi connectivity index (χ2v) is 9.84. The van der Waals surface area contributed by atoms with E-state index in [0.29, 0.717) is 24.3 Å². The molecule has 1 N–H and O–H groups in total. The standard InChI is InChI=1S/C21H21ClN2O5S/c1-14(23-30(27,28)16-6-4-5-15(22)11-16)20(26)24-10-9-21(13-24)12-18(25)17-7-2-3-8-19(17)29-21/h2-8,11,14,23H,9-10,12-13H2,1H3. The Morgan fingerprint density at radius 2 is 2.00 bits per heavy atom. The topological polar surface area (TPSA) is 92.8 Å². The van der Waals surface area contributed by atoms with Crippen molar-refractivity contribution in [2.45, 2.75) is 36.3 Å². The van der Waals surface area contributed by atoms with Gasteiger partial charge in [-0.25, -0.2) is 8.42 Å². The third-order valence-electron chi connectivity index (χ3n) is 5.43. The molecular weight excluding hydrogens is 428 g/mol. The second kappa shape index (κ2) is 7.68. The van der Waals surface area contributed by atoms with Gasteiger partial charge in [0.05, 0.1) is 29.5 Å². The summed E-state index contributed by atoms with van der Waals surface area (Å²) in [6, 6.07) is 11.9. The van der Waals surface area contributed by atoms with Crippen LogP contribution in [-0.2, 0) is 14.8 Å². The molecule has 2 heterocycles. The molecule has 0 aromatic heterocycles. The number of carbonyl (C=O) groups is 2. The first-order valence-corrected chi connectivity index (χ1v) is 11.4. The highest BCUT2D eigenvalue weighted by atomic mass is 35.5. The number of nitrogens with one attached hydrogen (secondary N) is 1. The van der Waals surface area contributed by atoms with Crippen molar-refractivity contribution in [2.24, 2.45) is 0 Å². The molecule has 1 saturated heterocycles. The van der Waals surface area contributed by atoms with Crippen LogP contribution in [0, 0.1) is 0 Å². The van der Waals surface area contributed by atoms with Crippen molar-refractivity contribution in [3.05, 3.63) is 59.1 Å². The molecule has 158 valence electrons. The molecule has 0 bridgehead atoms. The molecule has 7 nitrogen and oxygen atoms in total. The van der Waals surface area contributed by atoms with E-state index in [2.05, 4.69) is 4.72 Å². The number of hydrogen-bond acceptors (Lipinski definition) is 5. The van der Waals surface area contributed by atoms with Gasteiger partial charge in [-0.15, -0.1) is 0 Å². The molecule has 2 aliphatic heterocycles. The number of ketones is 1. The Hall–Kier alpha value is -2.42. The van der Waals surface area contributed by atoms with Gasteiger partial charge < -0.3 is 9.64 Å². The minimum Gasteiger partial charge on any atom is -0.484 e. The van der Waals surface area contributed by atoms with Gasteiger partial charge in [-0.05, 0) is 37.3 Å². The number of carbonyl (C=O) groups excluding carboxylic acids is 2. The van der Waals surface area contributed by atoms with Gasteiger partial charge in [0.1, 0.15) is 11.4 Å². The third-order valence-corrected chi connectivity index (χ3v) is 7.21. The van der Waals surface area contributed by atoms with Gasteiger partial charge in [-0.1, -0.05) is 29.8 Å². The number of benzene rings is 2. The van der Waals surface area contributed by atoms with Crippen LogP contribution in [0.5, 0.6) is 5.75 Å². The van der Waals surface area contributed by atoms with E-state index in [4.69, 9.17) is 16.3 Å². The quantitative estimate of drug-likeness (QED) is 0.776. The minimum absolute atomic E-state index is 0.00893. The first kappa shape index (κ1) is 20.8. The van der Waals surface area contributed by atoms with Gasteiger partial charge in [0.2, 0.25) is 15.9 Å². The molecule has 0 radical (unpaired) electrons. The van der Waals surface area contributed by atoms with Crippen LogP contribution in [0.25, 0.3) is 0 Å². The SMILES string of the molecule is CC(NS(=O)(=O)c1cccc(Cl)c1)C(=O)N1CCC2(CC(=O)c3ccccc3O2)C1. The predicted molar refractivity (Wildman–Crippen MR) is 111 cm³/mol. The number of hydrogen-bond donors (Lipinski definition) is 1. The van der Waals surface area contributed by atoms with E-state index in [1.165, 1.54) is 25.1 Å². The monoisotopic (exact) mass is 448 g/mol.